The Morgan fingerprint density at radius 3 is 2.96 bits per heavy atom. The van der Waals surface area contributed by atoms with Crippen molar-refractivity contribution in [3.05, 3.63) is 54.2 Å². The minimum Gasteiger partial charge on any atom is -0.384 e. The Morgan fingerprint density at radius 1 is 1.25 bits per heavy atom. The molecule has 28 heavy (non-hydrogen) atoms. The number of benzene rings is 1. The molecule has 1 aliphatic rings. The minimum absolute atomic E-state index is 0.00524. The summed E-state index contributed by atoms with van der Waals surface area (Å²) in [6, 6.07) is 15.5. The molecule has 0 saturated carbocycles. The summed E-state index contributed by atoms with van der Waals surface area (Å²) in [6.45, 7) is 4.21. The van der Waals surface area contributed by atoms with E-state index in [2.05, 4.69) is 33.2 Å². The Labute approximate surface area is 163 Å². The fourth-order valence-electron chi connectivity index (χ4n) is 3.65. The van der Waals surface area contributed by atoms with Crippen molar-refractivity contribution >= 4 is 28.2 Å². The van der Waals surface area contributed by atoms with Gasteiger partial charge in [0, 0.05) is 36.9 Å². The van der Waals surface area contributed by atoms with Crippen LogP contribution in [0.3, 0.4) is 0 Å². The number of nitrogens with two attached hydrogens (primary N) is 1. The highest BCUT2D eigenvalue weighted by molar-refractivity contribution is 5.95. The fraction of sp³-hybridized carbons (Fsp3) is 0.286. The Kier molecular flexibility index (Phi) is 4.96. The van der Waals surface area contributed by atoms with Crippen molar-refractivity contribution < 1.29 is 4.74 Å². The van der Waals surface area contributed by atoms with Crippen LogP contribution in [0.4, 0.5) is 17.3 Å². The average molecular weight is 374 g/mol. The Morgan fingerprint density at radius 2 is 2.14 bits per heavy atom. The van der Waals surface area contributed by atoms with Gasteiger partial charge < -0.3 is 20.7 Å². The van der Waals surface area contributed by atoms with Crippen LogP contribution in [0.25, 0.3) is 10.9 Å². The van der Waals surface area contributed by atoms with E-state index in [9.17, 15) is 5.26 Å². The molecule has 2 atom stereocenters. The second-order valence-corrected chi connectivity index (χ2v) is 6.95. The van der Waals surface area contributed by atoms with E-state index < -0.39 is 0 Å². The Balaban J connectivity index is 1.55. The van der Waals surface area contributed by atoms with Crippen LogP contribution in [0, 0.1) is 11.3 Å². The molecule has 0 bridgehead atoms. The number of fused-ring (bicyclic) bond motifs is 1. The number of rotatable bonds is 4. The summed E-state index contributed by atoms with van der Waals surface area (Å²) < 4.78 is 6.12. The maximum absolute atomic E-state index is 9.37. The normalized spacial score (nSPS) is 19.4. The summed E-state index contributed by atoms with van der Waals surface area (Å²) >= 11 is 0. The van der Waals surface area contributed by atoms with Crippen LogP contribution >= 0.6 is 0 Å². The number of nitrogen functional groups attached to an aromatic ring is 1. The smallest absolute Gasteiger partial charge is 0.128 e. The molecule has 142 valence electrons. The quantitative estimate of drug-likeness (QED) is 0.724. The van der Waals surface area contributed by atoms with Gasteiger partial charge >= 0.3 is 0 Å². The molecule has 1 saturated heterocycles. The third kappa shape index (κ3) is 3.68. The lowest BCUT2D eigenvalue weighted by Gasteiger charge is -2.38. The molecule has 4 rings (SSSR count). The molecule has 2 aromatic heterocycles. The number of ether oxygens (including phenoxy) is 1. The third-order valence-electron chi connectivity index (χ3n) is 4.82. The van der Waals surface area contributed by atoms with Crippen molar-refractivity contribution in [2.24, 2.45) is 0 Å². The zero-order valence-corrected chi connectivity index (χ0v) is 15.7. The van der Waals surface area contributed by atoms with Gasteiger partial charge in [-0.05, 0) is 43.3 Å². The van der Waals surface area contributed by atoms with Gasteiger partial charge in [-0.3, -0.25) is 4.98 Å². The molecule has 1 aliphatic heterocycles. The summed E-state index contributed by atoms with van der Waals surface area (Å²) in [4.78, 5) is 11.0. The number of hydrogen-bond donors (Lipinski definition) is 2. The Hall–Kier alpha value is -3.37. The topological polar surface area (TPSA) is 100 Å². The van der Waals surface area contributed by atoms with Crippen molar-refractivity contribution in [2.45, 2.75) is 19.1 Å². The first-order valence-electron chi connectivity index (χ1n) is 9.28. The van der Waals surface area contributed by atoms with E-state index >= 15 is 0 Å². The van der Waals surface area contributed by atoms with Crippen molar-refractivity contribution in [3.8, 4) is 6.07 Å². The molecule has 0 radical (unpaired) electrons. The molecule has 7 nitrogen and oxygen atoms in total. The molecule has 1 fully saturated rings. The molecule has 1 aromatic carbocycles. The van der Waals surface area contributed by atoms with Gasteiger partial charge in [0.15, 0.2) is 0 Å². The number of aromatic nitrogens is 2. The minimum atomic E-state index is -0.00524. The zero-order valence-electron chi connectivity index (χ0n) is 15.7. The highest BCUT2D eigenvalue weighted by atomic mass is 16.5. The maximum atomic E-state index is 9.37. The van der Waals surface area contributed by atoms with Gasteiger partial charge in [0.2, 0.25) is 0 Å². The number of nitriles is 1. The predicted octanol–water partition coefficient (Wildman–Crippen LogP) is 2.79. The van der Waals surface area contributed by atoms with Crippen LogP contribution < -0.4 is 16.0 Å². The van der Waals surface area contributed by atoms with Gasteiger partial charge in [-0.25, -0.2) is 4.98 Å². The lowest BCUT2D eigenvalue weighted by molar-refractivity contribution is -0.00823. The third-order valence-corrected chi connectivity index (χ3v) is 4.82. The summed E-state index contributed by atoms with van der Waals surface area (Å²) in [6.07, 6.45) is 1.80. The largest absolute Gasteiger partial charge is 0.384 e. The number of pyridine rings is 2. The summed E-state index contributed by atoms with van der Waals surface area (Å²) in [5.74, 6) is 1.22. The highest BCUT2D eigenvalue weighted by Gasteiger charge is 2.26. The van der Waals surface area contributed by atoms with E-state index in [0.29, 0.717) is 17.9 Å². The predicted molar refractivity (Wildman–Crippen MR) is 110 cm³/mol. The number of anilines is 3. The van der Waals surface area contributed by atoms with Crippen LogP contribution in [0.5, 0.6) is 0 Å². The maximum Gasteiger partial charge on any atom is 0.128 e. The van der Waals surface area contributed by atoms with Gasteiger partial charge in [-0.15, -0.1) is 0 Å². The number of nitrogens with one attached hydrogen (secondary N) is 1. The zero-order chi connectivity index (χ0) is 19.5. The van der Waals surface area contributed by atoms with E-state index in [0.717, 1.165) is 35.5 Å². The van der Waals surface area contributed by atoms with Gasteiger partial charge in [-0.1, -0.05) is 6.07 Å². The van der Waals surface area contributed by atoms with E-state index in [1.54, 1.807) is 12.3 Å². The van der Waals surface area contributed by atoms with E-state index in [-0.39, 0.29) is 12.2 Å². The van der Waals surface area contributed by atoms with E-state index in [1.807, 2.05) is 36.4 Å². The first-order chi connectivity index (χ1) is 13.6. The highest BCUT2D eigenvalue weighted by Crippen LogP contribution is 2.30. The lowest BCUT2D eigenvalue weighted by Crippen LogP contribution is -2.49. The molecule has 3 N–H and O–H groups in total. The van der Waals surface area contributed by atoms with Gasteiger partial charge in [-0.2, -0.15) is 5.26 Å². The molecule has 0 unspecified atom stereocenters. The molecule has 0 amide bonds. The SMILES string of the molecule is C[C@@H]1CN(c2ccc(C#N)c3ncccc23)C[C@@H](CNc2cccc(N)n2)O1. The van der Waals surface area contributed by atoms with Crippen molar-refractivity contribution in [3.63, 3.8) is 0 Å². The first-order valence-corrected chi connectivity index (χ1v) is 9.28. The summed E-state index contributed by atoms with van der Waals surface area (Å²) in [5, 5.41) is 13.7. The first kappa shape index (κ1) is 18.0. The molecule has 3 heterocycles. The molecular weight excluding hydrogens is 352 g/mol. The molecule has 7 heteroatoms. The Bertz CT molecular complexity index is 1030. The van der Waals surface area contributed by atoms with Crippen molar-refractivity contribution in [1.29, 1.82) is 5.26 Å². The van der Waals surface area contributed by atoms with E-state index in [4.69, 9.17) is 10.5 Å². The van der Waals surface area contributed by atoms with Gasteiger partial charge in [0.1, 0.15) is 17.7 Å². The van der Waals surface area contributed by atoms with Crippen LogP contribution in [0.1, 0.15) is 12.5 Å². The molecule has 0 aliphatic carbocycles. The molecule has 3 aromatic rings. The van der Waals surface area contributed by atoms with Crippen molar-refractivity contribution in [2.75, 3.05) is 35.6 Å². The monoisotopic (exact) mass is 374 g/mol. The summed E-state index contributed by atoms with van der Waals surface area (Å²) in [7, 11) is 0. The van der Waals surface area contributed by atoms with Gasteiger partial charge in [0.25, 0.3) is 0 Å². The van der Waals surface area contributed by atoms with Gasteiger partial charge in [0.05, 0.1) is 23.3 Å². The van der Waals surface area contributed by atoms with Crippen LogP contribution in [-0.2, 0) is 4.74 Å². The van der Waals surface area contributed by atoms with Crippen LogP contribution in [0.15, 0.2) is 48.7 Å². The number of nitrogens with zero attached hydrogens (tertiary/aromatic N) is 4. The van der Waals surface area contributed by atoms with Crippen LogP contribution in [0.2, 0.25) is 0 Å². The second-order valence-electron chi connectivity index (χ2n) is 6.95. The standard InChI is InChI=1S/C21H22N6O/c1-14-12-27(13-16(28-14)11-25-20-6-2-5-19(23)26-20)18-8-7-15(10-22)21-17(18)4-3-9-24-21/h2-9,14,16H,11-13H2,1H3,(H3,23,25,26)/t14-,16-/m1/s1. The average Bonchev–Trinajstić information content (AvgIpc) is 2.71. The lowest BCUT2D eigenvalue weighted by atomic mass is 10.1. The molecule has 0 spiro atoms. The second kappa shape index (κ2) is 7.71. The number of hydrogen-bond acceptors (Lipinski definition) is 7. The fourth-order valence-corrected chi connectivity index (χ4v) is 3.65. The van der Waals surface area contributed by atoms with Crippen LogP contribution in [-0.4, -0.2) is 41.8 Å². The van der Waals surface area contributed by atoms with Crippen molar-refractivity contribution in [1.82, 2.24) is 9.97 Å². The molecular formula is C21H22N6O. The van der Waals surface area contributed by atoms with E-state index in [1.165, 1.54) is 0 Å². The number of morpholine rings is 1. The summed E-state index contributed by atoms with van der Waals surface area (Å²) in [5.41, 5.74) is 8.14.